The second-order valence-corrected chi connectivity index (χ2v) is 7.71. The van der Waals surface area contributed by atoms with Crippen LogP contribution in [0.1, 0.15) is 31.1 Å². The number of ketones is 1. The molecule has 0 saturated carbocycles. The number of Topliss-reactive ketones (excluding diaryl/α,β-unsaturated/α-hetero) is 1. The maximum absolute atomic E-state index is 12.7. The van der Waals surface area contributed by atoms with Crippen molar-refractivity contribution >= 4 is 46.5 Å². The van der Waals surface area contributed by atoms with Crippen LogP contribution in [0.5, 0.6) is 11.5 Å². The van der Waals surface area contributed by atoms with Gasteiger partial charge in [0, 0.05) is 23.6 Å². The Kier molecular flexibility index (Phi) is 8.97. The third kappa shape index (κ3) is 7.25. The van der Waals surface area contributed by atoms with Crippen LogP contribution in [0.3, 0.4) is 0 Å². The van der Waals surface area contributed by atoms with Crippen LogP contribution >= 0.6 is 24.0 Å². The summed E-state index contributed by atoms with van der Waals surface area (Å²) in [6, 6.07) is 12.5. The van der Waals surface area contributed by atoms with E-state index in [0.29, 0.717) is 5.75 Å². The number of aliphatic hydroxyl groups is 1. The summed E-state index contributed by atoms with van der Waals surface area (Å²) in [5.74, 6) is -0.104. The molecule has 0 aliphatic rings. The van der Waals surface area contributed by atoms with E-state index in [2.05, 4.69) is 9.99 Å². The summed E-state index contributed by atoms with van der Waals surface area (Å²) in [7, 11) is 0. The lowest BCUT2D eigenvalue weighted by molar-refractivity contribution is -0.140. The summed E-state index contributed by atoms with van der Waals surface area (Å²) < 4.78 is 10.9. The summed E-state index contributed by atoms with van der Waals surface area (Å²) in [6.45, 7) is 4.44. The van der Waals surface area contributed by atoms with Gasteiger partial charge in [0.15, 0.2) is 5.05 Å². The molecule has 0 heterocycles. The van der Waals surface area contributed by atoms with E-state index in [9.17, 15) is 9.59 Å². The van der Waals surface area contributed by atoms with Gasteiger partial charge >= 0.3 is 5.97 Å². The van der Waals surface area contributed by atoms with Gasteiger partial charge in [0.25, 0.3) is 0 Å². The first-order chi connectivity index (χ1) is 14.3. The van der Waals surface area contributed by atoms with Crippen molar-refractivity contribution in [2.75, 3.05) is 13.2 Å². The van der Waals surface area contributed by atoms with E-state index in [1.807, 2.05) is 24.3 Å². The zero-order valence-corrected chi connectivity index (χ0v) is 18.3. The highest BCUT2D eigenvalue weighted by Gasteiger charge is 2.18. The van der Waals surface area contributed by atoms with Crippen LogP contribution in [0.2, 0.25) is 0 Å². The fourth-order valence-corrected chi connectivity index (χ4v) is 3.20. The Balaban J connectivity index is 2.24. The highest BCUT2D eigenvalue weighted by molar-refractivity contribution is 7.99. The van der Waals surface area contributed by atoms with E-state index in [1.165, 1.54) is 25.6 Å². The Morgan fingerprint density at radius 1 is 1.07 bits per heavy atom. The molecule has 0 bridgehead atoms. The fraction of sp³-hybridized carbons (Fsp3) is 0.238. The number of thiocarbonyl (C=S) groups is 1. The van der Waals surface area contributed by atoms with E-state index in [-0.39, 0.29) is 35.3 Å². The molecule has 0 spiro atoms. The number of nitrogens with zero attached hydrogens (tertiary/aromatic N) is 1. The van der Waals surface area contributed by atoms with Gasteiger partial charge < -0.3 is 19.4 Å². The van der Waals surface area contributed by atoms with Crippen LogP contribution in [0.25, 0.3) is 0 Å². The molecule has 0 fully saturated rings. The third-order valence-corrected chi connectivity index (χ3v) is 4.59. The number of hydrogen-bond acceptors (Lipinski definition) is 9. The summed E-state index contributed by atoms with van der Waals surface area (Å²) in [4.78, 5) is 29.9. The Hall–Kier alpha value is -2.75. The number of carbonyl (C=O) groups excluding carboxylic acids is 2. The zero-order valence-electron chi connectivity index (χ0n) is 16.7. The van der Waals surface area contributed by atoms with Crippen molar-refractivity contribution in [2.45, 2.75) is 30.6 Å². The third-order valence-electron chi connectivity index (χ3n) is 3.51. The molecule has 2 aromatic rings. The van der Waals surface area contributed by atoms with E-state index in [1.54, 1.807) is 25.1 Å². The summed E-state index contributed by atoms with van der Waals surface area (Å²) in [5.41, 5.74) is 0.264. The molecular weight excluding hydrogens is 426 g/mol. The SMILES string of the molecule is CC(=O)ON=C(C)C(=O)c1ccc(Sc2ccc(OCCO)cc2)cc1OC(C)=S. The number of carbonyl (C=O) groups is 2. The summed E-state index contributed by atoms with van der Waals surface area (Å²) in [5, 5.41) is 12.6. The molecule has 0 radical (unpaired) electrons. The van der Waals surface area contributed by atoms with Gasteiger partial charge in [-0.05, 0) is 61.6 Å². The van der Waals surface area contributed by atoms with Crippen molar-refractivity contribution in [1.82, 2.24) is 0 Å². The Labute approximate surface area is 184 Å². The minimum Gasteiger partial charge on any atom is -0.491 e. The lowest BCUT2D eigenvalue weighted by Gasteiger charge is -2.11. The van der Waals surface area contributed by atoms with Crippen molar-refractivity contribution in [3.63, 3.8) is 0 Å². The summed E-state index contributed by atoms with van der Waals surface area (Å²) in [6.07, 6.45) is 0. The number of oxime groups is 1. The predicted octanol–water partition coefficient (Wildman–Crippen LogP) is 4.06. The first-order valence-corrected chi connectivity index (χ1v) is 10.1. The van der Waals surface area contributed by atoms with Crippen LogP contribution in [-0.4, -0.2) is 40.8 Å². The molecular formula is C21H21NO6S2. The lowest BCUT2D eigenvalue weighted by Crippen LogP contribution is -2.14. The van der Waals surface area contributed by atoms with E-state index in [4.69, 9.17) is 26.8 Å². The summed E-state index contributed by atoms with van der Waals surface area (Å²) >= 11 is 6.49. The normalized spacial score (nSPS) is 11.0. The Morgan fingerprint density at radius 2 is 1.73 bits per heavy atom. The molecule has 0 amide bonds. The predicted molar refractivity (Wildman–Crippen MR) is 118 cm³/mol. The molecule has 9 heteroatoms. The average Bonchev–Trinajstić information content (AvgIpc) is 2.70. The molecule has 0 aromatic heterocycles. The number of benzene rings is 2. The molecule has 1 N–H and O–H groups in total. The van der Waals surface area contributed by atoms with E-state index >= 15 is 0 Å². The quantitative estimate of drug-likeness (QED) is 0.202. The second kappa shape index (κ2) is 11.4. The molecule has 7 nitrogen and oxygen atoms in total. The minimum atomic E-state index is -0.618. The van der Waals surface area contributed by atoms with Gasteiger partial charge in [-0.15, -0.1) is 0 Å². The van der Waals surface area contributed by atoms with Crippen molar-refractivity contribution in [3.05, 3.63) is 48.0 Å². The van der Waals surface area contributed by atoms with Crippen LogP contribution in [0.15, 0.2) is 57.4 Å². The molecule has 0 unspecified atom stereocenters. The smallest absolute Gasteiger partial charge is 0.331 e. The van der Waals surface area contributed by atoms with Crippen LogP contribution in [-0.2, 0) is 9.63 Å². The van der Waals surface area contributed by atoms with Gasteiger partial charge in [0.1, 0.15) is 23.8 Å². The number of rotatable bonds is 9. The molecule has 30 heavy (non-hydrogen) atoms. The molecule has 0 aliphatic carbocycles. The fourth-order valence-electron chi connectivity index (χ4n) is 2.27. The zero-order chi connectivity index (χ0) is 22.1. The molecule has 0 saturated heterocycles. The number of hydrogen-bond donors (Lipinski definition) is 1. The molecule has 2 rings (SSSR count). The van der Waals surface area contributed by atoms with E-state index in [0.717, 1.165) is 9.79 Å². The maximum atomic E-state index is 12.7. The van der Waals surface area contributed by atoms with Gasteiger partial charge in [0.05, 0.1) is 12.2 Å². The van der Waals surface area contributed by atoms with Crippen molar-refractivity contribution < 1.29 is 29.0 Å². The second-order valence-electron chi connectivity index (χ2n) is 5.99. The van der Waals surface area contributed by atoms with Gasteiger partial charge in [-0.25, -0.2) is 4.79 Å². The molecule has 0 aliphatic heterocycles. The monoisotopic (exact) mass is 447 g/mol. The highest BCUT2D eigenvalue weighted by Crippen LogP contribution is 2.33. The highest BCUT2D eigenvalue weighted by atomic mass is 32.2. The Morgan fingerprint density at radius 3 is 2.33 bits per heavy atom. The number of ether oxygens (including phenoxy) is 2. The molecule has 158 valence electrons. The van der Waals surface area contributed by atoms with Crippen LogP contribution in [0, 0.1) is 0 Å². The molecule has 0 atom stereocenters. The first kappa shape index (κ1) is 23.5. The number of aliphatic hydroxyl groups excluding tert-OH is 1. The molecule has 2 aromatic carbocycles. The van der Waals surface area contributed by atoms with Crippen molar-refractivity contribution in [3.8, 4) is 11.5 Å². The van der Waals surface area contributed by atoms with Gasteiger partial charge in [-0.3, -0.25) is 4.79 Å². The average molecular weight is 448 g/mol. The minimum absolute atomic E-state index is 0.0101. The topological polar surface area (TPSA) is 94.4 Å². The van der Waals surface area contributed by atoms with Gasteiger partial charge in [-0.2, -0.15) is 0 Å². The van der Waals surface area contributed by atoms with E-state index < -0.39 is 11.8 Å². The lowest BCUT2D eigenvalue weighted by atomic mass is 10.1. The van der Waals surface area contributed by atoms with Crippen LogP contribution < -0.4 is 9.47 Å². The van der Waals surface area contributed by atoms with Gasteiger partial charge in [0.2, 0.25) is 5.78 Å². The van der Waals surface area contributed by atoms with Crippen LogP contribution in [0.4, 0.5) is 0 Å². The van der Waals surface area contributed by atoms with Gasteiger partial charge in [-0.1, -0.05) is 16.9 Å². The van der Waals surface area contributed by atoms with Crippen molar-refractivity contribution in [1.29, 1.82) is 0 Å². The largest absolute Gasteiger partial charge is 0.491 e. The standard InChI is InChI=1S/C21H21NO6S2/c1-13(22-28-14(2)24)21(25)19-9-8-18(12-20(19)27-15(3)29)30-17-6-4-16(5-7-17)26-11-10-23/h4-9,12,23H,10-11H2,1-3H3. The Bertz CT molecular complexity index is 956. The van der Waals surface area contributed by atoms with Crippen molar-refractivity contribution in [2.24, 2.45) is 5.16 Å². The maximum Gasteiger partial charge on any atom is 0.331 e. The first-order valence-electron chi connectivity index (χ1n) is 8.91.